The normalized spacial score (nSPS) is 25.5. The van der Waals surface area contributed by atoms with Crippen LogP contribution < -0.4 is 5.73 Å². The van der Waals surface area contributed by atoms with Crippen molar-refractivity contribution in [3.05, 3.63) is 23.9 Å². The third-order valence-corrected chi connectivity index (χ3v) is 8.85. The van der Waals surface area contributed by atoms with Crippen LogP contribution >= 0.6 is 23.5 Å². The summed E-state index contributed by atoms with van der Waals surface area (Å²) in [6.07, 6.45) is 7.20. The zero-order valence-electron chi connectivity index (χ0n) is 18.6. The fourth-order valence-electron chi connectivity index (χ4n) is 4.24. The Hall–Kier alpha value is -2.91. The molecule has 2 saturated heterocycles. The van der Waals surface area contributed by atoms with Gasteiger partial charge in [0.15, 0.2) is 0 Å². The molecule has 0 spiro atoms. The van der Waals surface area contributed by atoms with Crippen molar-refractivity contribution in [1.82, 2.24) is 30.0 Å². The van der Waals surface area contributed by atoms with Crippen molar-refractivity contribution in [2.24, 2.45) is 11.1 Å². The monoisotopic (exact) mass is 523 g/mol. The van der Waals surface area contributed by atoms with Crippen molar-refractivity contribution in [1.29, 1.82) is 0 Å². The van der Waals surface area contributed by atoms with Gasteiger partial charge in [-0.3, -0.25) is 19.2 Å². The molecule has 15 heteroatoms. The van der Waals surface area contributed by atoms with Gasteiger partial charge < -0.3 is 25.7 Å². The predicted octanol–water partition coefficient (Wildman–Crippen LogP) is -0.384. The predicted molar refractivity (Wildman–Crippen MR) is 125 cm³/mol. The number of β-lactam (4-membered cyclic amide) rings is 1. The lowest BCUT2D eigenvalue weighted by molar-refractivity contribution is -0.164. The summed E-state index contributed by atoms with van der Waals surface area (Å²) < 4.78 is 1.08. The Morgan fingerprint density at radius 1 is 1.31 bits per heavy atom. The van der Waals surface area contributed by atoms with Crippen LogP contribution in [0.5, 0.6) is 0 Å². The second-order valence-electron chi connectivity index (χ2n) is 8.41. The highest BCUT2D eigenvalue weighted by atomic mass is 32.2. The van der Waals surface area contributed by atoms with Crippen LogP contribution in [0, 0.1) is 5.41 Å². The number of rotatable bonds is 10. The molecule has 2 amide bonds. The second kappa shape index (κ2) is 10.4. The minimum absolute atomic E-state index is 0.0271. The van der Waals surface area contributed by atoms with E-state index in [0.29, 0.717) is 12.8 Å². The summed E-state index contributed by atoms with van der Waals surface area (Å²) in [5.41, 5.74) is 5.08. The Morgan fingerprint density at radius 3 is 2.77 bits per heavy atom. The van der Waals surface area contributed by atoms with Gasteiger partial charge in [0.25, 0.3) is 0 Å². The lowest BCUT2D eigenvalue weighted by Gasteiger charge is -2.56. The summed E-state index contributed by atoms with van der Waals surface area (Å²) in [5.74, 6) is -2.46. The molecule has 1 aromatic heterocycles. The number of carboxylic acids is 2. The highest BCUT2D eigenvalue weighted by molar-refractivity contribution is 8.00. The van der Waals surface area contributed by atoms with Crippen LogP contribution in [0.15, 0.2) is 29.1 Å². The van der Waals surface area contributed by atoms with E-state index >= 15 is 0 Å². The molecule has 13 nitrogen and oxygen atoms in total. The molecule has 0 bridgehead atoms. The molecule has 2 unspecified atom stereocenters. The average molecular weight is 524 g/mol. The minimum Gasteiger partial charge on any atom is -0.481 e. The van der Waals surface area contributed by atoms with Gasteiger partial charge in [-0.05, 0) is 16.8 Å². The largest absolute Gasteiger partial charge is 0.481 e. The van der Waals surface area contributed by atoms with E-state index in [4.69, 9.17) is 10.8 Å². The number of aliphatic carboxylic acids is 2. The van der Waals surface area contributed by atoms with Crippen LogP contribution in [0.2, 0.25) is 0 Å². The Kier molecular flexibility index (Phi) is 7.47. The standard InChI is InChI=1S/C20H25N7O6S2/c21-7-6-13(28)27(12-4-2-1-3-5-12)15-16(31)25-9-20(18(32)33,10-34-17(15)25)11-35-19-22-23-24-26(19)8-14(29)30/h1-2,5,15,17H,3-4,6-11,21H2,(H,29,30)(H,32,33)/t15?,17-,20?/m1/s1. The first kappa shape index (κ1) is 25.2. The number of allylic oxidation sites excluding steroid dienone is 3. The van der Waals surface area contributed by atoms with Gasteiger partial charge in [-0.1, -0.05) is 30.0 Å². The molecule has 1 aromatic rings. The zero-order chi connectivity index (χ0) is 25.2. The Labute approximate surface area is 208 Å². The number of hydrogen-bond acceptors (Lipinski definition) is 10. The fraction of sp³-hybridized carbons (Fsp3) is 0.550. The molecule has 4 N–H and O–H groups in total. The maximum absolute atomic E-state index is 13.2. The molecule has 0 radical (unpaired) electrons. The number of carbonyl (C=O) groups is 4. The molecule has 3 aliphatic rings. The molecule has 0 aromatic carbocycles. The molecular formula is C20H25N7O6S2. The van der Waals surface area contributed by atoms with E-state index in [1.807, 2.05) is 18.2 Å². The van der Waals surface area contributed by atoms with E-state index in [0.717, 1.165) is 22.1 Å². The van der Waals surface area contributed by atoms with Crippen LogP contribution in [0.4, 0.5) is 0 Å². The number of aromatic nitrogens is 4. The second-order valence-corrected chi connectivity index (χ2v) is 10.5. The first-order valence-electron chi connectivity index (χ1n) is 10.9. The van der Waals surface area contributed by atoms with Gasteiger partial charge in [0.2, 0.25) is 17.0 Å². The molecule has 2 fully saturated rings. The molecule has 3 heterocycles. The van der Waals surface area contributed by atoms with Crippen molar-refractivity contribution >= 4 is 47.3 Å². The lowest BCUT2D eigenvalue weighted by atomic mass is 9.88. The summed E-state index contributed by atoms with van der Waals surface area (Å²) in [5, 5.41) is 29.8. The number of amides is 2. The Morgan fingerprint density at radius 2 is 2.11 bits per heavy atom. The first-order valence-corrected chi connectivity index (χ1v) is 12.9. The number of fused-ring (bicyclic) bond motifs is 1. The third kappa shape index (κ3) is 4.92. The number of nitrogens with zero attached hydrogens (tertiary/aromatic N) is 6. The maximum Gasteiger partial charge on any atom is 0.325 e. The highest BCUT2D eigenvalue weighted by Gasteiger charge is 2.59. The third-order valence-electron chi connectivity index (χ3n) is 6.03. The molecule has 188 valence electrons. The SMILES string of the molecule is NCCC(=O)N(C1=CCC=CC1)C1C(=O)N2CC(CSc3nnnn3CC(=O)O)(C(=O)O)CS[C@H]12. The van der Waals surface area contributed by atoms with Gasteiger partial charge in [0.05, 0.1) is 0 Å². The van der Waals surface area contributed by atoms with E-state index in [-0.39, 0.29) is 53.4 Å². The summed E-state index contributed by atoms with van der Waals surface area (Å²) in [6, 6.07) is -0.695. The molecular weight excluding hydrogens is 498 g/mol. The van der Waals surface area contributed by atoms with Gasteiger partial charge in [-0.25, -0.2) is 4.68 Å². The summed E-state index contributed by atoms with van der Waals surface area (Å²) in [4.78, 5) is 52.5. The van der Waals surface area contributed by atoms with Crippen molar-refractivity contribution in [3.8, 4) is 0 Å². The first-order chi connectivity index (χ1) is 16.8. The van der Waals surface area contributed by atoms with Crippen LogP contribution in [-0.4, -0.2) is 100.0 Å². The average Bonchev–Trinajstić information content (AvgIpc) is 3.27. The van der Waals surface area contributed by atoms with Crippen molar-refractivity contribution in [2.75, 3.05) is 24.6 Å². The van der Waals surface area contributed by atoms with Gasteiger partial charge in [0.1, 0.15) is 23.4 Å². The van der Waals surface area contributed by atoms with E-state index in [2.05, 4.69) is 15.5 Å². The highest BCUT2D eigenvalue weighted by Crippen LogP contribution is 2.46. The molecule has 35 heavy (non-hydrogen) atoms. The van der Waals surface area contributed by atoms with E-state index in [1.165, 1.54) is 16.7 Å². The fourth-order valence-corrected chi connectivity index (χ4v) is 7.02. The Bertz CT molecular complexity index is 1090. The van der Waals surface area contributed by atoms with Crippen molar-refractivity contribution in [3.63, 3.8) is 0 Å². The molecule has 3 atom stereocenters. The maximum atomic E-state index is 13.2. The van der Waals surface area contributed by atoms with Crippen LogP contribution in [0.1, 0.15) is 19.3 Å². The van der Waals surface area contributed by atoms with E-state index < -0.39 is 29.9 Å². The Balaban J connectivity index is 1.49. The number of carboxylic acid groups (broad SMARTS) is 2. The number of tetrazole rings is 1. The van der Waals surface area contributed by atoms with E-state index in [1.54, 1.807) is 4.90 Å². The smallest absolute Gasteiger partial charge is 0.325 e. The van der Waals surface area contributed by atoms with Crippen molar-refractivity contribution in [2.45, 2.75) is 42.4 Å². The molecule has 0 saturated carbocycles. The van der Waals surface area contributed by atoms with Crippen LogP contribution in [0.25, 0.3) is 0 Å². The minimum atomic E-state index is -1.29. The van der Waals surface area contributed by atoms with Crippen LogP contribution in [0.3, 0.4) is 0 Å². The van der Waals surface area contributed by atoms with Gasteiger partial charge >= 0.3 is 11.9 Å². The van der Waals surface area contributed by atoms with Gasteiger partial charge in [0, 0.05) is 43.1 Å². The topological polar surface area (TPSA) is 185 Å². The van der Waals surface area contributed by atoms with Crippen LogP contribution in [-0.2, 0) is 25.7 Å². The van der Waals surface area contributed by atoms with Gasteiger partial charge in [-0.2, -0.15) is 0 Å². The quantitative estimate of drug-likeness (QED) is 0.205. The number of thioether (sulfide) groups is 2. The number of hydrogen-bond donors (Lipinski definition) is 3. The zero-order valence-corrected chi connectivity index (χ0v) is 20.3. The lowest BCUT2D eigenvalue weighted by Crippen LogP contribution is -2.74. The van der Waals surface area contributed by atoms with Crippen molar-refractivity contribution < 1.29 is 29.4 Å². The summed E-state index contributed by atoms with van der Waals surface area (Å²) in [7, 11) is 0. The number of carbonyl (C=O) groups excluding carboxylic acids is 2. The molecule has 2 aliphatic heterocycles. The molecule has 4 rings (SSSR count). The van der Waals surface area contributed by atoms with Gasteiger partial charge in [-0.15, -0.1) is 16.9 Å². The summed E-state index contributed by atoms with van der Waals surface area (Å²) in [6.45, 7) is -0.307. The molecule has 1 aliphatic carbocycles. The number of nitrogens with two attached hydrogens (primary N) is 1. The van der Waals surface area contributed by atoms with E-state index in [9.17, 15) is 24.3 Å². The summed E-state index contributed by atoms with van der Waals surface area (Å²) >= 11 is 2.36.